The van der Waals surface area contributed by atoms with E-state index in [0.29, 0.717) is 31.7 Å². The van der Waals surface area contributed by atoms with Crippen LogP contribution in [0.15, 0.2) is 42.7 Å². The average molecular weight is 347 g/mol. The van der Waals surface area contributed by atoms with Crippen LogP contribution in [0.2, 0.25) is 0 Å². The van der Waals surface area contributed by atoms with Crippen LogP contribution < -0.4 is 0 Å². The Hall–Kier alpha value is -2.12. The molecule has 1 N–H and O–H groups in total. The van der Waals surface area contributed by atoms with Crippen LogP contribution in [-0.4, -0.2) is 54.7 Å². The van der Waals surface area contributed by atoms with Gasteiger partial charge in [-0.05, 0) is 18.6 Å². The lowest BCUT2D eigenvalue weighted by Gasteiger charge is -2.34. The molecule has 24 heavy (non-hydrogen) atoms. The molecule has 1 fully saturated rings. The van der Waals surface area contributed by atoms with E-state index < -0.39 is 10.0 Å². The predicted molar refractivity (Wildman–Crippen MR) is 92.1 cm³/mol. The fourth-order valence-electron chi connectivity index (χ4n) is 2.80. The van der Waals surface area contributed by atoms with Gasteiger partial charge in [-0.1, -0.05) is 29.8 Å². The number of aromatic nitrogens is 1. The summed E-state index contributed by atoms with van der Waals surface area (Å²) in [6.07, 6.45) is 3.36. The van der Waals surface area contributed by atoms with E-state index in [1.54, 1.807) is 23.4 Å². The summed E-state index contributed by atoms with van der Waals surface area (Å²) in [6.45, 7) is 3.47. The molecule has 1 aliphatic heterocycles. The van der Waals surface area contributed by atoms with Gasteiger partial charge in [0.15, 0.2) is 0 Å². The SMILES string of the molecule is Cc1ccc(CS(=O)(=O)N2CCN(C(=O)c3cc[nH]c3)CC2)cc1. The molecule has 1 aromatic carbocycles. The molecule has 1 amide bonds. The molecule has 0 unspecified atom stereocenters. The van der Waals surface area contributed by atoms with Gasteiger partial charge < -0.3 is 9.88 Å². The topological polar surface area (TPSA) is 73.5 Å². The van der Waals surface area contributed by atoms with Gasteiger partial charge in [-0.25, -0.2) is 8.42 Å². The third-order valence-electron chi connectivity index (χ3n) is 4.23. The zero-order chi connectivity index (χ0) is 17.2. The highest BCUT2D eigenvalue weighted by Gasteiger charge is 2.29. The second-order valence-electron chi connectivity index (χ2n) is 6.03. The number of amides is 1. The summed E-state index contributed by atoms with van der Waals surface area (Å²) < 4.78 is 26.6. The lowest BCUT2D eigenvalue weighted by molar-refractivity contribution is 0.0698. The Balaban J connectivity index is 1.61. The second-order valence-corrected chi connectivity index (χ2v) is 8.00. The van der Waals surface area contributed by atoms with Gasteiger partial charge in [0.1, 0.15) is 0 Å². The van der Waals surface area contributed by atoms with Crippen molar-refractivity contribution in [2.24, 2.45) is 0 Å². The number of nitrogens with zero attached hydrogens (tertiary/aromatic N) is 2. The number of H-pyrrole nitrogens is 1. The van der Waals surface area contributed by atoms with Gasteiger partial charge in [-0.2, -0.15) is 4.31 Å². The molecule has 0 spiro atoms. The van der Waals surface area contributed by atoms with Crippen LogP contribution >= 0.6 is 0 Å². The molecule has 1 aromatic heterocycles. The Morgan fingerprint density at radius 2 is 1.75 bits per heavy atom. The Labute approximate surface area is 142 Å². The molecule has 1 aliphatic rings. The van der Waals surface area contributed by atoms with Gasteiger partial charge >= 0.3 is 0 Å². The molecule has 2 aromatic rings. The third kappa shape index (κ3) is 3.68. The van der Waals surface area contributed by atoms with Crippen LogP contribution in [-0.2, 0) is 15.8 Å². The summed E-state index contributed by atoms with van der Waals surface area (Å²) in [4.78, 5) is 16.8. The maximum atomic E-state index is 12.6. The standard InChI is InChI=1S/C17H21N3O3S/c1-14-2-4-15(5-3-14)13-24(22,23)20-10-8-19(9-11-20)17(21)16-6-7-18-12-16/h2-7,12,18H,8-11,13H2,1H3. The van der Waals surface area contributed by atoms with E-state index in [1.807, 2.05) is 31.2 Å². The van der Waals surface area contributed by atoms with Gasteiger partial charge in [0.2, 0.25) is 10.0 Å². The maximum Gasteiger partial charge on any atom is 0.255 e. The molecular formula is C17H21N3O3S. The fraction of sp³-hybridized carbons (Fsp3) is 0.353. The number of piperazine rings is 1. The Morgan fingerprint density at radius 1 is 1.08 bits per heavy atom. The summed E-state index contributed by atoms with van der Waals surface area (Å²) in [5.74, 6) is -0.0641. The second kappa shape index (κ2) is 6.78. The van der Waals surface area contributed by atoms with Gasteiger partial charge in [0.05, 0.1) is 11.3 Å². The minimum atomic E-state index is -3.36. The van der Waals surface area contributed by atoms with Crippen LogP contribution in [0.25, 0.3) is 0 Å². The highest BCUT2D eigenvalue weighted by molar-refractivity contribution is 7.88. The monoisotopic (exact) mass is 347 g/mol. The largest absolute Gasteiger partial charge is 0.367 e. The van der Waals surface area contributed by atoms with Gasteiger partial charge in [-0.15, -0.1) is 0 Å². The average Bonchev–Trinajstić information content (AvgIpc) is 3.11. The zero-order valence-corrected chi connectivity index (χ0v) is 14.4. The zero-order valence-electron chi connectivity index (χ0n) is 13.6. The van der Waals surface area contributed by atoms with E-state index >= 15 is 0 Å². The van der Waals surface area contributed by atoms with Gasteiger partial charge in [0, 0.05) is 38.6 Å². The van der Waals surface area contributed by atoms with Crippen LogP contribution in [0.5, 0.6) is 0 Å². The van der Waals surface area contributed by atoms with Crippen molar-refractivity contribution in [3.05, 3.63) is 59.4 Å². The van der Waals surface area contributed by atoms with Crippen molar-refractivity contribution in [2.45, 2.75) is 12.7 Å². The van der Waals surface area contributed by atoms with E-state index in [0.717, 1.165) is 11.1 Å². The molecule has 3 rings (SSSR count). The molecule has 6 nitrogen and oxygen atoms in total. The Kier molecular flexibility index (Phi) is 4.73. The minimum Gasteiger partial charge on any atom is -0.367 e. The fourth-order valence-corrected chi connectivity index (χ4v) is 4.31. The third-order valence-corrected chi connectivity index (χ3v) is 6.08. The normalized spacial score (nSPS) is 16.3. The Morgan fingerprint density at radius 3 is 2.33 bits per heavy atom. The number of hydrogen-bond acceptors (Lipinski definition) is 3. The van der Waals surface area contributed by atoms with E-state index in [2.05, 4.69) is 4.98 Å². The molecule has 7 heteroatoms. The summed E-state index contributed by atoms with van der Waals surface area (Å²) in [5.41, 5.74) is 2.49. The number of benzene rings is 1. The molecule has 0 aliphatic carbocycles. The first-order chi connectivity index (χ1) is 11.5. The van der Waals surface area contributed by atoms with E-state index in [9.17, 15) is 13.2 Å². The number of nitrogens with one attached hydrogen (secondary N) is 1. The maximum absolute atomic E-state index is 12.6. The number of carbonyl (C=O) groups excluding carboxylic acids is 1. The molecular weight excluding hydrogens is 326 g/mol. The van der Waals surface area contributed by atoms with Crippen molar-refractivity contribution in [3.63, 3.8) is 0 Å². The highest BCUT2D eigenvalue weighted by atomic mass is 32.2. The van der Waals surface area contributed by atoms with Crippen LogP contribution in [0.4, 0.5) is 0 Å². The van der Waals surface area contributed by atoms with Crippen molar-refractivity contribution in [1.29, 1.82) is 0 Å². The number of carbonyl (C=O) groups is 1. The summed E-state index contributed by atoms with van der Waals surface area (Å²) >= 11 is 0. The first-order valence-corrected chi connectivity index (χ1v) is 9.52. The smallest absolute Gasteiger partial charge is 0.255 e. The molecule has 1 saturated heterocycles. The molecule has 0 saturated carbocycles. The number of aromatic amines is 1. The Bertz CT molecular complexity index is 790. The quantitative estimate of drug-likeness (QED) is 0.913. The van der Waals surface area contributed by atoms with Crippen LogP contribution in [0.3, 0.4) is 0 Å². The molecule has 0 radical (unpaired) electrons. The van der Waals surface area contributed by atoms with Crippen molar-refractivity contribution < 1.29 is 13.2 Å². The van der Waals surface area contributed by atoms with E-state index in [1.165, 1.54) is 4.31 Å². The summed E-state index contributed by atoms with van der Waals surface area (Å²) in [6, 6.07) is 9.25. The molecule has 0 bridgehead atoms. The van der Waals surface area contributed by atoms with Crippen molar-refractivity contribution in [3.8, 4) is 0 Å². The summed E-state index contributed by atoms with van der Waals surface area (Å²) in [7, 11) is -3.36. The first-order valence-electron chi connectivity index (χ1n) is 7.91. The van der Waals surface area contributed by atoms with Gasteiger partial charge in [-0.3, -0.25) is 4.79 Å². The number of hydrogen-bond donors (Lipinski definition) is 1. The van der Waals surface area contributed by atoms with E-state index in [-0.39, 0.29) is 11.7 Å². The lowest BCUT2D eigenvalue weighted by atomic mass is 10.2. The first kappa shape index (κ1) is 16.7. The predicted octanol–water partition coefficient (Wildman–Crippen LogP) is 1.61. The van der Waals surface area contributed by atoms with Crippen molar-refractivity contribution in [2.75, 3.05) is 26.2 Å². The van der Waals surface area contributed by atoms with Crippen molar-refractivity contribution in [1.82, 2.24) is 14.2 Å². The minimum absolute atomic E-state index is 0.000955. The summed E-state index contributed by atoms with van der Waals surface area (Å²) in [5, 5.41) is 0. The number of sulfonamides is 1. The van der Waals surface area contributed by atoms with Crippen LogP contribution in [0, 0.1) is 6.92 Å². The van der Waals surface area contributed by atoms with E-state index in [4.69, 9.17) is 0 Å². The number of aryl methyl sites for hydroxylation is 1. The highest BCUT2D eigenvalue weighted by Crippen LogP contribution is 2.15. The lowest BCUT2D eigenvalue weighted by Crippen LogP contribution is -2.50. The van der Waals surface area contributed by atoms with Gasteiger partial charge in [0.25, 0.3) is 5.91 Å². The molecule has 128 valence electrons. The molecule has 0 atom stereocenters. The van der Waals surface area contributed by atoms with Crippen molar-refractivity contribution >= 4 is 15.9 Å². The van der Waals surface area contributed by atoms with Crippen LogP contribution in [0.1, 0.15) is 21.5 Å². The number of rotatable bonds is 4. The molecule has 2 heterocycles.